The molecule has 1 heteroatoms. The van der Waals surface area contributed by atoms with Gasteiger partial charge in [0.2, 0.25) is 0 Å². The number of fused-ring (bicyclic) bond motifs is 3. The Kier molecular flexibility index (Phi) is 4.65. The molecule has 3 aromatic carbocycles. The Morgan fingerprint density at radius 1 is 0.600 bits per heavy atom. The molecule has 0 atom stereocenters. The first-order valence-corrected chi connectivity index (χ1v) is 11.1. The number of aromatic amines is 1. The van der Waals surface area contributed by atoms with Crippen LogP contribution in [0.25, 0.3) is 32.9 Å². The van der Waals surface area contributed by atoms with Crippen molar-refractivity contribution in [2.24, 2.45) is 0 Å². The van der Waals surface area contributed by atoms with E-state index in [9.17, 15) is 0 Å². The van der Waals surface area contributed by atoms with Crippen LogP contribution in [0.5, 0.6) is 0 Å². The van der Waals surface area contributed by atoms with Gasteiger partial charge in [-0.1, -0.05) is 59.7 Å². The van der Waals surface area contributed by atoms with Crippen molar-refractivity contribution in [3.05, 3.63) is 70.3 Å². The third kappa shape index (κ3) is 3.35. The molecule has 0 saturated heterocycles. The number of hydrogen-bond acceptors (Lipinski definition) is 0. The molecule has 0 unspecified atom stereocenters. The molecular formula is C29H35N. The second-order valence-electron chi connectivity index (χ2n) is 11.0. The number of benzene rings is 3. The van der Waals surface area contributed by atoms with Gasteiger partial charge in [0.05, 0.1) is 5.52 Å². The summed E-state index contributed by atoms with van der Waals surface area (Å²) in [6.07, 6.45) is 0. The summed E-state index contributed by atoms with van der Waals surface area (Å²) in [5, 5.41) is 2.66. The molecule has 0 radical (unpaired) electrons. The fourth-order valence-electron chi connectivity index (χ4n) is 4.36. The zero-order valence-corrected chi connectivity index (χ0v) is 20.0. The Bertz CT molecular complexity index is 1270. The zero-order chi connectivity index (χ0) is 22.0. The fourth-order valence-corrected chi connectivity index (χ4v) is 4.36. The maximum absolute atomic E-state index is 3.76. The molecular weight excluding hydrogens is 362 g/mol. The van der Waals surface area contributed by atoms with E-state index in [1.807, 2.05) is 0 Å². The molecule has 0 aliphatic carbocycles. The van der Waals surface area contributed by atoms with Crippen LogP contribution in [-0.2, 0) is 10.8 Å². The van der Waals surface area contributed by atoms with Crippen molar-refractivity contribution < 1.29 is 0 Å². The van der Waals surface area contributed by atoms with Crippen molar-refractivity contribution in [3.8, 4) is 11.1 Å². The highest BCUT2D eigenvalue weighted by atomic mass is 14.7. The summed E-state index contributed by atoms with van der Waals surface area (Å²) in [7, 11) is 0. The Labute approximate surface area is 181 Å². The lowest BCUT2D eigenvalue weighted by Gasteiger charge is -2.22. The van der Waals surface area contributed by atoms with E-state index in [0.717, 1.165) is 0 Å². The van der Waals surface area contributed by atoms with Gasteiger partial charge >= 0.3 is 0 Å². The first-order valence-electron chi connectivity index (χ1n) is 11.1. The molecule has 0 spiro atoms. The Hall–Kier alpha value is -2.54. The van der Waals surface area contributed by atoms with Crippen molar-refractivity contribution in [3.63, 3.8) is 0 Å². The highest BCUT2D eigenvalue weighted by molar-refractivity contribution is 6.12. The van der Waals surface area contributed by atoms with E-state index in [1.54, 1.807) is 0 Å². The molecule has 4 aromatic rings. The van der Waals surface area contributed by atoms with Crippen molar-refractivity contribution >= 4 is 21.8 Å². The van der Waals surface area contributed by atoms with Crippen LogP contribution in [0.15, 0.2) is 42.5 Å². The lowest BCUT2D eigenvalue weighted by Crippen LogP contribution is -2.11. The Balaban J connectivity index is 2.13. The SMILES string of the molecule is Cc1ccc(-c2cc(C(C)(C)C)cc3c2[nH]c2ccc(C(C)(C)C)cc23)c(C)c1C. The topological polar surface area (TPSA) is 15.8 Å². The molecule has 0 aliphatic heterocycles. The summed E-state index contributed by atoms with van der Waals surface area (Å²) in [5.74, 6) is 0. The number of rotatable bonds is 1. The van der Waals surface area contributed by atoms with Gasteiger partial charge in [-0.2, -0.15) is 0 Å². The molecule has 0 saturated carbocycles. The van der Waals surface area contributed by atoms with Crippen LogP contribution in [0.1, 0.15) is 69.4 Å². The summed E-state index contributed by atoms with van der Waals surface area (Å²) < 4.78 is 0. The molecule has 0 bridgehead atoms. The number of aromatic nitrogens is 1. The van der Waals surface area contributed by atoms with E-state index < -0.39 is 0 Å². The Morgan fingerprint density at radius 2 is 1.23 bits per heavy atom. The van der Waals surface area contributed by atoms with Gasteiger partial charge in [0, 0.05) is 21.9 Å². The predicted octanol–water partition coefficient (Wildman–Crippen LogP) is 8.51. The summed E-state index contributed by atoms with van der Waals surface area (Å²) in [4.78, 5) is 3.76. The van der Waals surface area contributed by atoms with Gasteiger partial charge in [0.15, 0.2) is 0 Å². The monoisotopic (exact) mass is 397 g/mol. The first kappa shape index (κ1) is 20.7. The molecule has 4 rings (SSSR count). The van der Waals surface area contributed by atoms with Crippen molar-refractivity contribution in [1.29, 1.82) is 0 Å². The second kappa shape index (κ2) is 6.74. The zero-order valence-electron chi connectivity index (χ0n) is 20.0. The van der Waals surface area contributed by atoms with Gasteiger partial charge in [-0.15, -0.1) is 0 Å². The number of aryl methyl sites for hydroxylation is 1. The molecule has 156 valence electrons. The van der Waals surface area contributed by atoms with Gasteiger partial charge in [-0.3, -0.25) is 0 Å². The van der Waals surface area contributed by atoms with Crippen molar-refractivity contribution in [1.82, 2.24) is 4.98 Å². The minimum absolute atomic E-state index is 0.0851. The van der Waals surface area contributed by atoms with E-state index in [-0.39, 0.29) is 10.8 Å². The average Bonchev–Trinajstić information content (AvgIpc) is 3.02. The highest BCUT2D eigenvalue weighted by Gasteiger charge is 2.21. The van der Waals surface area contributed by atoms with Gasteiger partial charge in [0.1, 0.15) is 0 Å². The van der Waals surface area contributed by atoms with E-state index in [2.05, 4.69) is 110 Å². The van der Waals surface area contributed by atoms with E-state index in [1.165, 1.54) is 60.8 Å². The van der Waals surface area contributed by atoms with Gasteiger partial charge < -0.3 is 4.98 Å². The normalized spacial score (nSPS) is 12.8. The fraction of sp³-hybridized carbons (Fsp3) is 0.379. The number of H-pyrrole nitrogens is 1. The van der Waals surface area contributed by atoms with Gasteiger partial charge in [0.25, 0.3) is 0 Å². The third-order valence-corrected chi connectivity index (χ3v) is 6.79. The second-order valence-corrected chi connectivity index (χ2v) is 11.0. The van der Waals surface area contributed by atoms with Crippen LogP contribution >= 0.6 is 0 Å². The predicted molar refractivity (Wildman–Crippen MR) is 133 cm³/mol. The Morgan fingerprint density at radius 3 is 1.87 bits per heavy atom. The highest BCUT2D eigenvalue weighted by Crippen LogP contribution is 2.40. The molecule has 1 nitrogen and oxygen atoms in total. The summed E-state index contributed by atoms with van der Waals surface area (Å²) >= 11 is 0. The third-order valence-electron chi connectivity index (χ3n) is 6.79. The lowest BCUT2D eigenvalue weighted by atomic mass is 9.82. The van der Waals surface area contributed by atoms with Gasteiger partial charge in [-0.05, 0) is 89.2 Å². The minimum Gasteiger partial charge on any atom is -0.354 e. The molecule has 0 aliphatic rings. The van der Waals surface area contributed by atoms with Crippen LogP contribution in [0.2, 0.25) is 0 Å². The van der Waals surface area contributed by atoms with Crippen molar-refractivity contribution in [2.45, 2.75) is 73.1 Å². The average molecular weight is 398 g/mol. The summed E-state index contributed by atoms with van der Waals surface area (Å²) in [6, 6.07) is 16.3. The molecule has 0 amide bonds. The van der Waals surface area contributed by atoms with E-state index in [4.69, 9.17) is 0 Å². The van der Waals surface area contributed by atoms with Crippen molar-refractivity contribution in [2.75, 3.05) is 0 Å². The van der Waals surface area contributed by atoms with Crippen LogP contribution in [0.3, 0.4) is 0 Å². The maximum atomic E-state index is 3.76. The van der Waals surface area contributed by atoms with Crippen LogP contribution in [0.4, 0.5) is 0 Å². The van der Waals surface area contributed by atoms with Gasteiger partial charge in [-0.25, -0.2) is 0 Å². The summed E-state index contributed by atoms with van der Waals surface area (Å²) in [5.41, 5.74) is 12.2. The summed E-state index contributed by atoms with van der Waals surface area (Å²) in [6.45, 7) is 20.5. The minimum atomic E-state index is 0.0851. The number of nitrogens with one attached hydrogen (secondary N) is 1. The van der Waals surface area contributed by atoms with Crippen LogP contribution in [-0.4, -0.2) is 4.98 Å². The molecule has 1 aromatic heterocycles. The number of hydrogen-bond donors (Lipinski definition) is 1. The molecule has 1 heterocycles. The first-order chi connectivity index (χ1) is 13.9. The van der Waals surface area contributed by atoms with Crippen LogP contribution < -0.4 is 0 Å². The maximum Gasteiger partial charge on any atom is 0.0544 e. The van der Waals surface area contributed by atoms with E-state index >= 15 is 0 Å². The van der Waals surface area contributed by atoms with Crippen LogP contribution in [0, 0.1) is 20.8 Å². The smallest absolute Gasteiger partial charge is 0.0544 e. The largest absolute Gasteiger partial charge is 0.354 e. The van der Waals surface area contributed by atoms with E-state index in [0.29, 0.717) is 0 Å². The molecule has 0 fully saturated rings. The quantitative estimate of drug-likeness (QED) is 0.331. The lowest BCUT2D eigenvalue weighted by molar-refractivity contribution is 0.590. The molecule has 1 N–H and O–H groups in total. The molecule has 30 heavy (non-hydrogen) atoms. The standard InChI is InChI=1S/C29H35N/c1-17-10-12-22(19(3)18(17)2)24-15-21(29(7,8)9)16-25-23-14-20(28(4,5)6)11-13-26(23)30-27(24)25/h10-16,30H,1-9H3.